The van der Waals surface area contributed by atoms with Crippen molar-refractivity contribution in [2.75, 3.05) is 0 Å². The predicted molar refractivity (Wildman–Crippen MR) is 262 cm³/mol. The fourth-order valence-electron chi connectivity index (χ4n) is 9.39. The van der Waals surface area contributed by atoms with Crippen LogP contribution in [0.3, 0.4) is 0 Å². The highest BCUT2D eigenvalue weighted by atomic mass is 15.0. The van der Waals surface area contributed by atoms with Gasteiger partial charge in [-0.1, -0.05) is 188 Å². The zero-order valence-electron chi connectivity index (χ0n) is 34.2. The van der Waals surface area contributed by atoms with E-state index in [-0.39, 0.29) is 0 Å². The Bertz CT molecular complexity index is 3670. The standard InChI is InChI=1S/C59H38N4/c1-4-18-39(19-5-1)43-24-10-15-30-51(43)57-60-58(52-35-33-44(40-20-6-2-7-21-40)46-25-11-13-27-48(46)52)62-59(61-57)53-36-34-45(47-26-12-14-28-49(47)53)41-32-37-56-54(38-41)50-29-16-17-31-55(50)63(56)42-22-8-3-9-23-42/h1-38H. The van der Waals surface area contributed by atoms with Crippen molar-refractivity contribution in [2.45, 2.75) is 0 Å². The van der Waals surface area contributed by atoms with E-state index >= 15 is 0 Å². The lowest BCUT2D eigenvalue weighted by atomic mass is 9.93. The number of benzene rings is 10. The lowest BCUT2D eigenvalue weighted by Gasteiger charge is -2.16. The fourth-order valence-corrected chi connectivity index (χ4v) is 9.39. The first-order valence-electron chi connectivity index (χ1n) is 21.4. The Labute approximate surface area is 365 Å². The highest BCUT2D eigenvalue weighted by Gasteiger charge is 2.21. The fraction of sp³-hybridized carbons (Fsp3) is 0. The molecule has 0 amide bonds. The van der Waals surface area contributed by atoms with Gasteiger partial charge in [0.15, 0.2) is 17.5 Å². The summed E-state index contributed by atoms with van der Waals surface area (Å²) in [5.74, 6) is 1.87. The summed E-state index contributed by atoms with van der Waals surface area (Å²) >= 11 is 0. The third-order valence-corrected chi connectivity index (χ3v) is 12.3. The van der Waals surface area contributed by atoms with E-state index in [4.69, 9.17) is 15.0 Å². The van der Waals surface area contributed by atoms with Crippen LogP contribution in [0.25, 0.3) is 117 Å². The largest absolute Gasteiger partial charge is 0.309 e. The first kappa shape index (κ1) is 36.4. The molecule has 0 aliphatic heterocycles. The van der Waals surface area contributed by atoms with E-state index in [9.17, 15) is 0 Å². The Morgan fingerprint density at radius 1 is 0.238 bits per heavy atom. The molecule has 0 unspecified atom stereocenters. The predicted octanol–water partition coefficient (Wildman–Crippen LogP) is 15.3. The van der Waals surface area contributed by atoms with E-state index in [2.05, 4.69) is 229 Å². The van der Waals surface area contributed by atoms with Crippen LogP contribution in [0.15, 0.2) is 231 Å². The first-order chi connectivity index (χ1) is 31.3. The SMILES string of the molecule is c1ccc(-c2ccccc2-c2nc(-c3ccc(-c4ccccc4)c4ccccc34)nc(-c3ccc(-c4ccc5c(c4)c4ccccc4n5-c4ccccc4)c4ccccc34)n2)cc1. The summed E-state index contributed by atoms with van der Waals surface area (Å²) in [5, 5.41) is 6.88. The van der Waals surface area contributed by atoms with Crippen molar-refractivity contribution in [3.8, 4) is 73.2 Å². The van der Waals surface area contributed by atoms with Gasteiger partial charge >= 0.3 is 0 Å². The molecule has 0 bridgehead atoms. The molecule has 0 N–H and O–H groups in total. The Morgan fingerprint density at radius 2 is 0.635 bits per heavy atom. The summed E-state index contributed by atoms with van der Waals surface area (Å²) in [6.07, 6.45) is 0. The van der Waals surface area contributed by atoms with Gasteiger partial charge in [0.2, 0.25) is 0 Å². The molecule has 2 heterocycles. The molecule has 10 aromatic carbocycles. The van der Waals surface area contributed by atoms with Gasteiger partial charge in [-0.3, -0.25) is 0 Å². The summed E-state index contributed by atoms with van der Waals surface area (Å²) in [6, 6.07) is 81.6. The maximum atomic E-state index is 5.39. The molecule has 0 saturated carbocycles. The molecule has 0 fully saturated rings. The second-order valence-electron chi connectivity index (χ2n) is 15.9. The summed E-state index contributed by atoms with van der Waals surface area (Å²) in [7, 11) is 0. The third kappa shape index (κ3) is 6.27. The Morgan fingerprint density at radius 3 is 1.22 bits per heavy atom. The minimum Gasteiger partial charge on any atom is -0.309 e. The number of para-hydroxylation sites is 2. The monoisotopic (exact) mass is 802 g/mol. The molecule has 12 aromatic rings. The van der Waals surface area contributed by atoms with Crippen LogP contribution in [-0.4, -0.2) is 19.5 Å². The smallest absolute Gasteiger partial charge is 0.164 e. The van der Waals surface area contributed by atoms with Crippen LogP contribution in [0.4, 0.5) is 0 Å². The molecule has 0 aliphatic rings. The number of aromatic nitrogens is 4. The summed E-state index contributed by atoms with van der Waals surface area (Å²) in [6.45, 7) is 0. The average Bonchev–Trinajstić information content (AvgIpc) is 3.70. The maximum absolute atomic E-state index is 5.39. The van der Waals surface area contributed by atoms with Crippen molar-refractivity contribution in [2.24, 2.45) is 0 Å². The van der Waals surface area contributed by atoms with E-state index in [1.807, 2.05) is 6.07 Å². The molecular formula is C59H38N4. The molecule has 0 atom stereocenters. The van der Waals surface area contributed by atoms with Crippen molar-refractivity contribution in [3.05, 3.63) is 231 Å². The van der Waals surface area contributed by atoms with E-state index in [0.29, 0.717) is 17.5 Å². The van der Waals surface area contributed by atoms with Gasteiger partial charge in [-0.25, -0.2) is 15.0 Å². The summed E-state index contributed by atoms with van der Waals surface area (Å²) in [4.78, 5) is 16.1. The molecule has 0 radical (unpaired) electrons. The Kier molecular flexibility index (Phi) is 8.79. The van der Waals surface area contributed by atoms with Crippen LogP contribution in [0.1, 0.15) is 0 Å². The first-order valence-corrected chi connectivity index (χ1v) is 21.4. The number of fused-ring (bicyclic) bond motifs is 5. The van der Waals surface area contributed by atoms with Gasteiger partial charge in [0.05, 0.1) is 11.0 Å². The van der Waals surface area contributed by atoms with E-state index < -0.39 is 0 Å². The van der Waals surface area contributed by atoms with E-state index in [1.165, 1.54) is 32.9 Å². The molecule has 63 heavy (non-hydrogen) atoms. The minimum atomic E-state index is 0.623. The van der Waals surface area contributed by atoms with Gasteiger partial charge in [0.1, 0.15) is 0 Å². The molecule has 0 aliphatic carbocycles. The van der Waals surface area contributed by atoms with Crippen molar-refractivity contribution in [1.29, 1.82) is 0 Å². The Balaban J connectivity index is 1.06. The van der Waals surface area contributed by atoms with Crippen molar-refractivity contribution in [1.82, 2.24) is 19.5 Å². The lowest BCUT2D eigenvalue weighted by Crippen LogP contribution is -2.02. The molecule has 4 heteroatoms. The molecule has 294 valence electrons. The quantitative estimate of drug-likeness (QED) is 0.161. The molecule has 4 nitrogen and oxygen atoms in total. The normalized spacial score (nSPS) is 11.5. The van der Waals surface area contributed by atoms with Gasteiger partial charge in [-0.2, -0.15) is 0 Å². The second kappa shape index (κ2) is 15.2. The molecule has 0 spiro atoms. The molecular weight excluding hydrogens is 765 g/mol. The van der Waals surface area contributed by atoms with Crippen LogP contribution in [0.5, 0.6) is 0 Å². The van der Waals surface area contributed by atoms with Gasteiger partial charge in [-0.05, 0) is 97.4 Å². The zero-order chi connectivity index (χ0) is 41.7. The highest BCUT2D eigenvalue weighted by molar-refractivity contribution is 6.12. The maximum Gasteiger partial charge on any atom is 0.164 e. The molecule has 0 saturated heterocycles. The molecule has 2 aromatic heterocycles. The van der Waals surface area contributed by atoms with Crippen LogP contribution in [0.2, 0.25) is 0 Å². The van der Waals surface area contributed by atoms with Crippen LogP contribution < -0.4 is 0 Å². The number of hydrogen-bond donors (Lipinski definition) is 0. The van der Waals surface area contributed by atoms with Crippen molar-refractivity contribution >= 4 is 43.4 Å². The van der Waals surface area contributed by atoms with E-state index in [1.54, 1.807) is 0 Å². The van der Waals surface area contributed by atoms with Crippen LogP contribution in [-0.2, 0) is 0 Å². The molecule has 12 rings (SSSR count). The highest BCUT2D eigenvalue weighted by Crippen LogP contribution is 2.41. The number of nitrogens with zero attached hydrogens (tertiary/aromatic N) is 4. The topological polar surface area (TPSA) is 43.6 Å². The minimum absolute atomic E-state index is 0.623. The lowest BCUT2D eigenvalue weighted by molar-refractivity contribution is 1.08. The van der Waals surface area contributed by atoms with Crippen LogP contribution in [0, 0.1) is 0 Å². The zero-order valence-corrected chi connectivity index (χ0v) is 34.2. The summed E-state index contributed by atoms with van der Waals surface area (Å²) in [5.41, 5.74) is 13.2. The van der Waals surface area contributed by atoms with Gasteiger partial charge in [0.25, 0.3) is 0 Å². The van der Waals surface area contributed by atoms with Crippen LogP contribution >= 0.6 is 0 Å². The van der Waals surface area contributed by atoms with Gasteiger partial charge < -0.3 is 4.57 Å². The second-order valence-corrected chi connectivity index (χ2v) is 15.9. The van der Waals surface area contributed by atoms with Crippen molar-refractivity contribution in [3.63, 3.8) is 0 Å². The van der Waals surface area contributed by atoms with Gasteiger partial charge in [0, 0.05) is 33.2 Å². The number of rotatable bonds is 7. The van der Waals surface area contributed by atoms with E-state index in [0.717, 1.165) is 66.2 Å². The Hall–Kier alpha value is -8.47. The summed E-state index contributed by atoms with van der Waals surface area (Å²) < 4.78 is 2.36. The van der Waals surface area contributed by atoms with Crippen molar-refractivity contribution < 1.29 is 0 Å². The number of hydrogen-bond acceptors (Lipinski definition) is 3. The third-order valence-electron chi connectivity index (χ3n) is 12.3. The van der Waals surface area contributed by atoms with Gasteiger partial charge in [-0.15, -0.1) is 0 Å². The average molecular weight is 803 g/mol.